The molecule has 0 aromatic heterocycles. The first-order valence-electron chi connectivity index (χ1n) is 10.3. The van der Waals surface area contributed by atoms with Crippen LogP contribution in [0.5, 0.6) is 5.75 Å². The van der Waals surface area contributed by atoms with E-state index in [0.29, 0.717) is 44.2 Å². The number of para-hydroxylation sites is 1. The molecule has 7 nitrogen and oxygen atoms in total. The van der Waals surface area contributed by atoms with Gasteiger partial charge in [0.2, 0.25) is 10.0 Å². The van der Waals surface area contributed by atoms with Crippen LogP contribution in [0.4, 0.5) is 10.1 Å². The second kappa shape index (κ2) is 10.1. The highest BCUT2D eigenvalue weighted by Gasteiger charge is 2.23. The number of halogens is 1. The van der Waals surface area contributed by atoms with E-state index in [1.54, 1.807) is 23.1 Å². The van der Waals surface area contributed by atoms with Gasteiger partial charge in [-0.1, -0.05) is 26.0 Å². The Hall–Kier alpha value is -2.65. The molecular formula is C22H28FN3O4S. The zero-order chi connectivity index (χ0) is 22.4. The van der Waals surface area contributed by atoms with Gasteiger partial charge in [0.05, 0.1) is 10.6 Å². The first-order valence-corrected chi connectivity index (χ1v) is 11.7. The maximum atomic E-state index is 13.9. The van der Waals surface area contributed by atoms with Crippen LogP contribution in [0.2, 0.25) is 0 Å². The number of amides is 1. The molecule has 0 atom stereocenters. The molecule has 2 aromatic rings. The fourth-order valence-corrected chi connectivity index (χ4v) is 4.43. The largest absolute Gasteiger partial charge is 0.484 e. The van der Waals surface area contributed by atoms with Gasteiger partial charge in [0, 0.05) is 32.7 Å². The molecule has 0 radical (unpaired) electrons. The fraction of sp³-hybridized carbons (Fsp3) is 0.409. The monoisotopic (exact) mass is 449 g/mol. The molecule has 0 aliphatic carbocycles. The van der Waals surface area contributed by atoms with Crippen molar-refractivity contribution in [3.05, 3.63) is 54.3 Å². The Morgan fingerprint density at radius 3 is 2.32 bits per heavy atom. The Morgan fingerprint density at radius 1 is 1.06 bits per heavy atom. The third-order valence-corrected chi connectivity index (χ3v) is 6.44. The maximum Gasteiger partial charge on any atom is 0.260 e. The van der Waals surface area contributed by atoms with Gasteiger partial charge in [-0.05, 0) is 42.3 Å². The van der Waals surface area contributed by atoms with Crippen LogP contribution in [0.25, 0.3) is 0 Å². The van der Waals surface area contributed by atoms with Crippen molar-refractivity contribution in [2.24, 2.45) is 5.92 Å². The number of carbonyl (C=O) groups is 1. The van der Waals surface area contributed by atoms with Crippen molar-refractivity contribution in [3.8, 4) is 5.75 Å². The van der Waals surface area contributed by atoms with E-state index < -0.39 is 10.0 Å². The van der Waals surface area contributed by atoms with Gasteiger partial charge in [-0.15, -0.1) is 0 Å². The summed E-state index contributed by atoms with van der Waals surface area (Å²) in [4.78, 5) is 16.2. The number of sulfonamides is 1. The fourth-order valence-electron chi connectivity index (χ4n) is 3.22. The van der Waals surface area contributed by atoms with Crippen LogP contribution in [-0.2, 0) is 14.8 Å². The van der Waals surface area contributed by atoms with Gasteiger partial charge in [0.15, 0.2) is 6.61 Å². The first-order chi connectivity index (χ1) is 14.8. The Balaban J connectivity index is 1.48. The maximum absolute atomic E-state index is 13.9. The van der Waals surface area contributed by atoms with Crippen LogP contribution in [0.1, 0.15) is 13.8 Å². The van der Waals surface area contributed by atoms with Crippen LogP contribution >= 0.6 is 0 Å². The molecule has 1 aliphatic rings. The van der Waals surface area contributed by atoms with E-state index in [0.717, 1.165) is 0 Å². The van der Waals surface area contributed by atoms with Crippen molar-refractivity contribution < 1.29 is 22.3 Å². The molecule has 1 N–H and O–H groups in total. The number of anilines is 1. The highest BCUT2D eigenvalue weighted by molar-refractivity contribution is 7.89. The predicted octanol–water partition coefficient (Wildman–Crippen LogP) is 2.49. The van der Waals surface area contributed by atoms with E-state index in [1.165, 1.54) is 30.3 Å². The summed E-state index contributed by atoms with van der Waals surface area (Å²) in [5.41, 5.74) is 0.545. The highest BCUT2D eigenvalue weighted by Crippen LogP contribution is 2.20. The number of nitrogens with zero attached hydrogens (tertiary/aromatic N) is 2. The second-order valence-corrected chi connectivity index (χ2v) is 9.59. The minimum atomic E-state index is -3.56. The van der Waals surface area contributed by atoms with Gasteiger partial charge in [-0.25, -0.2) is 17.5 Å². The van der Waals surface area contributed by atoms with Gasteiger partial charge >= 0.3 is 0 Å². The standard InChI is InChI=1S/C22H28FN3O4S/c1-17(2)15-24-31(28,29)19-9-7-18(8-10-19)30-16-22(27)26-13-11-25(12-14-26)21-6-4-3-5-20(21)23/h3-10,17,24H,11-16H2,1-2H3. The summed E-state index contributed by atoms with van der Waals surface area (Å²) in [5, 5.41) is 0. The van der Waals surface area contributed by atoms with E-state index in [-0.39, 0.29) is 29.1 Å². The van der Waals surface area contributed by atoms with Crippen molar-refractivity contribution in [1.29, 1.82) is 0 Å². The highest BCUT2D eigenvalue weighted by atomic mass is 32.2. The van der Waals surface area contributed by atoms with E-state index >= 15 is 0 Å². The zero-order valence-corrected chi connectivity index (χ0v) is 18.6. The average Bonchev–Trinajstić information content (AvgIpc) is 2.77. The number of hydrogen-bond acceptors (Lipinski definition) is 5. The van der Waals surface area contributed by atoms with Crippen LogP contribution in [0.3, 0.4) is 0 Å². The number of nitrogens with one attached hydrogen (secondary N) is 1. The van der Waals surface area contributed by atoms with E-state index in [1.807, 2.05) is 18.7 Å². The summed E-state index contributed by atoms with van der Waals surface area (Å²) in [6, 6.07) is 12.6. The first kappa shape index (κ1) is 23.0. The molecule has 2 aromatic carbocycles. The second-order valence-electron chi connectivity index (χ2n) is 7.83. The minimum absolute atomic E-state index is 0.141. The third kappa shape index (κ3) is 6.18. The summed E-state index contributed by atoms with van der Waals surface area (Å²) in [6.45, 7) is 6.12. The zero-order valence-electron chi connectivity index (χ0n) is 17.8. The SMILES string of the molecule is CC(C)CNS(=O)(=O)c1ccc(OCC(=O)N2CCN(c3ccccc3F)CC2)cc1. The summed E-state index contributed by atoms with van der Waals surface area (Å²) in [6.07, 6.45) is 0. The molecule has 3 rings (SSSR count). The minimum Gasteiger partial charge on any atom is -0.484 e. The van der Waals surface area contributed by atoms with Gasteiger partial charge < -0.3 is 14.5 Å². The lowest BCUT2D eigenvalue weighted by Gasteiger charge is -2.36. The van der Waals surface area contributed by atoms with Crippen LogP contribution in [0.15, 0.2) is 53.4 Å². The number of ether oxygens (including phenoxy) is 1. The Morgan fingerprint density at radius 2 is 1.71 bits per heavy atom. The van der Waals surface area contributed by atoms with Gasteiger partial charge in [0.1, 0.15) is 11.6 Å². The van der Waals surface area contributed by atoms with Gasteiger partial charge in [0.25, 0.3) is 5.91 Å². The molecule has 1 amide bonds. The molecular weight excluding hydrogens is 421 g/mol. The van der Waals surface area contributed by atoms with Crippen molar-refractivity contribution in [3.63, 3.8) is 0 Å². The summed E-state index contributed by atoms with van der Waals surface area (Å²) < 4.78 is 46.5. The number of carbonyl (C=O) groups excluding carboxylic acids is 1. The van der Waals surface area contributed by atoms with Crippen LogP contribution < -0.4 is 14.4 Å². The van der Waals surface area contributed by atoms with E-state index in [4.69, 9.17) is 4.74 Å². The molecule has 1 aliphatic heterocycles. The summed E-state index contributed by atoms with van der Waals surface area (Å²) in [5.74, 6) is 0.192. The number of rotatable bonds is 8. The van der Waals surface area contributed by atoms with Crippen LogP contribution in [0, 0.1) is 11.7 Å². The lowest BCUT2D eigenvalue weighted by molar-refractivity contribution is -0.133. The number of piperazine rings is 1. The lowest BCUT2D eigenvalue weighted by atomic mass is 10.2. The van der Waals surface area contributed by atoms with Crippen molar-refractivity contribution in [2.45, 2.75) is 18.7 Å². The van der Waals surface area contributed by atoms with Gasteiger partial charge in [-0.3, -0.25) is 4.79 Å². The molecule has 168 valence electrons. The van der Waals surface area contributed by atoms with Crippen LogP contribution in [-0.4, -0.2) is 58.6 Å². The predicted molar refractivity (Wildman–Crippen MR) is 117 cm³/mol. The Labute approximate surface area is 182 Å². The molecule has 0 bridgehead atoms. The average molecular weight is 450 g/mol. The quantitative estimate of drug-likeness (QED) is 0.670. The molecule has 1 saturated heterocycles. The Kier molecular flexibility index (Phi) is 7.50. The number of benzene rings is 2. The third-order valence-electron chi connectivity index (χ3n) is 5.00. The number of hydrogen-bond donors (Lipinski definition) is 1. The normalized spacial score (nSPS) is 14.7. The molecule has 9 heteroatoms. The molecule has 0 saturated carbocycles. The van der Waals surface area contributed by atoms with E-state index in [2.05, 4.69) is 4.72 Å². The lowest BCUT2D eigenvalue weighted by Crippen LogP contribution is -2.50. The molecule has 31 heavy (non-hydrogen) atoms. The van der Waals surface area contributed by atoms with Crippen molar-refractivity contribution >= 4 is 21.6 Å². The topological polar surface area (TPSA) is 78.9 Å². The molecule has 1 fully saturated rings. The van der Waals surface area contributed by atoms with Crippen molar-refractivity contribution in [2.75, 3.05) is 44.2 Å². The summed E-state index contributed by atoms with van der Waals surface area (Å²) >= 11 is 0. The molecule has 0 unspecified atom stereocenters. The van der Waals surface area contributed by atoms with Gasteiger partial charge in [-0.2, -0.15) is 0 Å². The smallest absolute Gasteiger partial charge is 0.260 e. The van der Waals surface area contributed by atoms with E-state index in [9.17, 15) is 17.6 Å². The summed E-state index contributed by atoms with van der Waals surface area (Å²) in [7, 11) is -3.56. The molecule has 1 heterocycles. The molecule has 0 spiro atoms. The van der Waals surface area contributed by atoms with Crippen molar-refractivity contribution in [1.82, 2.24) is 9.62 Å². The Bertz CT molecular complexity index is 988.